The fourth-order valence-corrected chi connectivity index (χ4v) is 3.30. The highest BCUT2D eigenvalue weighted by Crippen LogP contribution is 2.33. The van der Waals surface area contributed by atoms with Crippen LogP contribution < -0.4 is 0 Å². The monoisotopic (exact) mass is 272 g/mol. The maximum absolute atomic E-state index is 11.2. The number of benzene rings is 1. The summed E-state index contributed by atoms with van der Waals surface area (Å²) in [7, 11) is 0. The van der Waals surface area contributed by atoms with Crippen LogP contribution in [0.3, 0.4) is 0 Å². The Bertz CT molecular complexity index is 456. The Morgan fingerprint density at radius 2 is 1.85 bits per heavy atom. The molecular formula is C18H24O2. The molecule has 2 rings (SSSR count). The molecule has 2 nitrogen and oxygen atoms in total. The van der Waals surface area contributed by atoms with Crippen molar-refractivity contribution in [1.82, 2.24) is 0 Å². The fourth-order valence-electron chi connectivity index (χ4n) is 3.30. The quantitative estimate of drug-likeness (QED) is 0.762. The lowest BCUT2D eigenvalue weighted by molar-refractivity contribution is 0.0695. The second-order valence-corrected chi connectivity index (χ2v) is 5.91. The Kier molecular flexibility index (Phi) is 5.40. The van der Waals surface area contributed by atoms with Gasteiger partial charge in [-0.15, -0.1) is 6.58 Å². The van der Waals surface area contributed by atoms with Gasteiger partial charge in [0.1, 0.15) is 0 Å². The predicted molar refractivity (Wildman–Crippen MR) is 82.0 cm³/mol. The van der Waals surface area contributed by atoms with Crippen molar-refractivity contribution in [3.05, 3.63) is 48.0 Å². The van der Waals surface area contributed by atoms with Gasteiger partial charge in [-0.25, -0.2) is 4.79 Å². The largest absolute Gasteiger partial charge is 0.478 e. The maximum Gasteiger partial charge on any atom is 0.335 e. The molecule has 0 bridgehead atoms. The highest BCUT2D eigenvalue weighted by molar-refractivity contribution is 5.89. The molecule has 0 radical (unpaired) electrons. The Labute approximate surface area is 121 Å². The molecular weight excluding hydrogens is 248 g/mol. The number of aromatic carboxylic acids is 1. The lowest BCUT2D eigenvalue weighted by Crippen LogP contribution is -2.15. The van der Waals surface area contributed by atoms with Crippen molar-refractivity contribution in [1.29, 1.82) is 0 Å². The smallest absolute Gasteiger partial charge is 0.335 e. The second kappa shape index (κ2) is 7.28. The average molecular weight is 272 g/mol. The van der Waals surface area contributed by atoms with Gasteiger partial charge in [0.25, 0.3) is 0 Å². The van der Waals surface area contributed by atoms with Gasteiger partial charge in [-0.3, -0.25) is 0 Å². The van der Waals surface area contributed by atoms with Crippen LogP contribution in [-0.2, 0) is 6.42 Å². The average Bonchev–Trinajstić information content (AvgIpc) is 2.47. The summed E-state index contributed by atoms with van der Waals surface area (Å²) >= 11 is 0. The van der Waals surface area contributed by atoms with Gasteiger partial charge in [0, 0.05) is 0 Å². The third-order valence-electron chi connectivity index (χ3n) is 4.54. The van der Waals surface area contributed by atoms with E-state index in [0.717, 1.165) is 36.7 Å². The number of carboxylic acid groups (broad SMARTS) is 1. The van der Waals surface area contributed by atoms with Crippen LogP contribution in [0.15, 0.2) is 36.9 Å². The van der Waals surface area contributed by atoms with Gasteiger partial charge in [0.15, 0.2) is 0 Å². The molecule has 0 spiro atoms. The lowest BCUT2D eigenvalue weighted by Gasteiger charge is -2.28. The Hall–Kier alpha value is -1.57. The number of aryl methyl sites for hydroxylation is 1. The number of hydrogen-bond acceptors (Lipinski definition) is 1. The van der Waals surface area contributed by atoms with E-state index in [2.05, 4.69) is 6.58 Å². The second-order valence-electron chi connectivity index (χ2n) is 5.91. The first-order valence-corrected chi connectivity index (χ1v) is 7.62. The highest BCUT2D eigenvalue weighted by atomic mass is 16.4. The van der Waals surface area contributed by atoms with E-state index < -0.39 is 5.97 Å². The summed E-state index contributed by atoms with van der Waals surface area (Å²) in [6.45, 7) is 3.82. The van der Waals surface area contributed by atoms with Crippen LogP contribution in [0.4, 0.5) is 0 Å². The SMILES string of the molecule is C=CC[C@H]1CC[C@H](CCc2ccccc2C(=O)O)CC1. The van der Waals surface area contributed by atoms with Crippen LogP contribution in [0.5, 0.6) is 0 Å². The number of rotatable bonds is 6. The summed E-state index contributed by atoms with van der Waals surface area (Å²) in [4.78, 5) is 11.2. The summed E-state index contributed by atoms with van der Waals surface area (Å²) in [6, 6.07) is 7.39. The molecule has 2 heteroatoms. The zero-order valence-electron chi connectivity index (χ0n) is 12.1. The van der Waals surface area contributed by atoms with E-state index in [4.69, 9.17) is 0 Å². The van der Waals surface area contributed by atoms with Crippen molar-refractivity contribution >= 4 is 5.97 Å². The van der Waals surface area contributed by atoms with E-state index in [1.54, 1.807) is 12.1 Å². The Morgan fingerprint density at radius 3 is 2.50 bits per heavy atom. The topological polar surface area (TPSA) is 37.3 Å². The van der Waals surface area contributed by atoms with Crippen LogP contribution in [0.25, 0.3) is 0 Å². The number of hydrogen-bond donors (Lipinski definition) is 1. The fraction of sp³-hybridized carbons (Fsp3) is 0.500. The Balaban J connectivity index is 1.84. The highest BCUT2D eigenvalue weighted by Gasteiger charge is 2.20. The van der Waals surface area contributed by atoms with Gasteiger partial charge in [0.05, 0.1) is 5.56 Å². The molecule has 1 fully saturated rings. The molecule has 20 heavy (non-hydrogen) atoms. The molecule has 0 saturated heterocycles. The molecule has 0 aliphatic heterocycles. The zero-order chi connectivity index (χ0) is 14.4. The van der Waals surface area contributed by atoms with Gasteiger partial charge in [-0.2, -0.15) is 0 Å². The Morgan fingerprint density at radius 1 is 1.20 bits per heavy atom. The first-order chi connectivity index (χ1) is 9.70. The first kappa shape index (κ1) is 14.8. The predicted octanol–water partition coefficient (Wildman–Crippen LogP) is 4.70. The number of allylic oxidation sites excluding steroid dienone is 1. The summed E-state index contributed by atoms with van der Waals surface area (Å²) in [5.74, 6) is 0.781. The minimum Gasteiger partial charge on any atom is -0.478 e. The van der Waals surface area contributed by atoms with E-state index in [1.165, 1.54) is 25.7 Å². The summed E-state index contributed by atoms with van der Waals surface area (Å²) in [6.07, 6.45) is 10.4. The molecule has 1 N–H and O–H groups in total. The van der Waals surface area contributed by atoms with Crippen LogP contribution >= 0.6 is 0 Å². The molecule has 1 aliphatic carbocycles. The normalized spacial score (nSPS) is 22.4. The molecule has 0 atom stereocenters. The third-order valence-corrected chi connectivity index (χ3v) is 4.54. The van der Waals surface area contributed by atoms with Crippen molar-refractivity contribution in [3.8, 4) is 0 Å². The van der Waals surface area contributed by atoms with Crippen molar-refractivity contribution in [2.75, 3.05) is 0 Å². The minimum atomic E-state index is -0.810. The van der Waals surface area contributed by atoms with Gasteiger partial charge < -0.3 is 5.11 Å². The molecule has 0 heterocycles. The van der Waals surface area contributed by atoms with Gasteiger partial charge in [-0.05, 0) is 55.6 Å². The van der Waals surface area contributed by atoms with Gasteiger partial charge in [-0.1, -0.05) is 37.1 Å². The molecule has 1 aromatic rings. The van der Waals surface area contributed by atoms with Crippen molar-refractivity contribution < 1.29 is 9.90 Å². The standard InChI is InChI=1S/C18H24O2/c1-2-5-14-8-10-15(11-9-14)12-13-16-6-3-4-7-17(16)18(19)20/h2-4,6-7,14-15H,1,5,8-13H2,(H,19,20)/t14-,15-. The van der Waals surface area contributed by atoms with Gasteiger partial charge in [0.2, 0.25) is 0 Å². The summed E-state index contributed by atoms with van der Waals surface area (Å²) in [5.41, 5.74) is 1.45. The first-order valence-electron chi connectivity index (χ1n) is 7.62. The molecule has 1 aliphatic rings. The molecule has 0 aromatic heterocycles. The molecule has 1 aromatic carbocycles. The van der Waals surface area contributed by atoms with Crippen LogP contribution in [0, 0.1) is 11.8 Å². The zero-order valence-corrected chi connectivity index (χ0v) is 12.1. The summed E-state index contributed by atoms with van der Waals surface area (Å²) < 4.78 is 0. The van der Waals surface area contributed by atoms with Crippen molar-refractivity contribution in [2.45, 2.75) is 44.9 Å². The number of carbonyl (C=O) groups is 1. The van der Waals surface area contributed by atoms with Crippen molar-refractivity contribution in [2.24, 2.45) is 11.8 Å². The third kappa shape index (κ3) is 3.96. The van der Waals surface area contributed by atoms with Crippen molar-refractivity contribution in [3.63, 3.8) is 0 Å². The van der Waals surface area contributed by atoms with E-state index in [0.29, 0.717) is 5.56 Å². The van der Waals surface area contributed by atoms with Gasteiger partial charge >= 0.3 is 5.97 Å². The van der Waals surface area contributed by atoms with Crippen LogP contribution in [-0.4, -0.2) is 11.1 Å². The summed E-state index contributed by atoms with van der Waals surface area (Å²) in [5, 5.41) is 9.19. The maximum atomic E-state index is 11.2. The van der Waals surface area contributed by atoms with Crippen LogP contribution in [0.1, 0.15) is 54.4 Å². The van der Waals surface area contributed by atoms with E-state index in [9.17, 15) is 9.90 Å². The molecule has 108 valence electrons. The van der Waals surface area contributed by atoms with E-state index in [1.807, 2.05) is 18.2 Å². The minimum absolute atomic E-state index is 0.466. The lowest BCUT2D eigenvalue weighted by atomic mass is 9.78. The molecule has 0 unspecified atom stereocenters. The molecule has 1 saturated carbocycles. The van der Waals surface area contributed by atoms with Crippen LogP contribution in [0.2, 0.25) is 0 Å². The molecule has 0 amide bonds. The van der Waals surface area contributed by atoms with E-state index >= 15 is 0 Å². The number of carboxylic acids is 1. The van der Waals surface area contributed by atoms with E-state index in [-0.39, 0.29) is 0 Å².